The first-order valence-electron chi connectivity index (χ1n) is 5.28. The van der Waals surface area contributed by atoms with Crippen LogP contribution in [-0.4, -0.2) is 96.8 Å². The third kappa shape index (κ3) is 6.74. The Morgan fingerprint density at radius 2 is 0.464 bits per heavy atom. The first kappa shape index (κ1) is 27.4. The average Bonchev–Trinajstić information content (AvgIpc) is 2.13. The first-order valence-corrected chi connectivity index (χ1v) is 14.3. The highest BCUT2D eigenvalue weighted by molar-refractivity contribution is 8.06. The van der Waals surface area contributed by atoms with E-state index in [1.807, 2.05) is 0 Å². The van der Waals surface area contributed by atoms with Gasteiger partial charge in [0.25, 0.3) is 74.8 Å². The van der Waals surface area contributed by atoms with Gasteiger partial charge in [0.05, 0.1) is 0 Å². The van der Waals surface area contributed by atoms with Gasteiger partial charge in [-0.25, -0.2) is 4.90 Å². The van der Waals surface area contributed by atoms with Gasteiger partial charge in [-0.2, -0.15) is 50.5 Å². The molecule has 0 unspecified atom stereocenters. The molecular weight excluding hydrogens is 530 g/mol. The van der Waals surface area contributed by atoms with Gasteiger partial charge in [-0.15, -0.1) is 0 Å². The van der Waals surface area contributed by atoms with Gasteiger partial charge < -0.3 is 0 Å². The molecule has 0 aromatic carbocycles. The Balaban J connectivity index is 7.96. The highest BCUT2D eigenvalue weighted by atomic mass is 32.3. The Labute approximate surface area is 157 Å². The van der Waals surface area contributed by atoms with Crippen LogP contribution in [0.2, 0.25) is 0 Å². The maximum atomic E-state index is 11.2. The molecule has 0 aliphatic carbocycles. The minimum atomic E-state index is -6.67. The molecule has 0 radical (unpaired) electrons. The fraction of sp³-hybridized carbons (Fsp3) is 1.00. The third-order valence-corrected chi connectivity index (χ3v) is 11.2. The Hall–Kier alpha value is -0.580. The molecule has 19 nitrogen and oxygen atoms in total. The largest absolute Gasteiger partial charge is 0.299 e. The Morgan fingerprint density at radius 3 is 0.536 bits per heavy atom. The molecule has 0 bridgehead atoms. The molecule has 0 aromatic heterocycles. The van der Waals surface area contributed by atoms with E-state index in [-0.39, 0.29) is 0 Å². The smallest absolute Gasteiger partial charge is 0.283 e. The first-order chi connectivity index (χ1) is 11.7. The van der Waals surface area contributed by atoms with E-state index < -0.39 is 79.7 Å². The van der Waals surface area contributed by atoms with Crippen molar-refractivity contribution >= 4 is 60.7 Å². The van der Waals surface area contributed by atoms with Gasteiger partial charge >= 0.3 is 0 Å². The van der Waals surface area contributed by atoms with Crippen molar-refractivity contribution in [2.24, 2.45) is 0 Å². The maximum absolute atomic E-state index is 11.2. The number of rotatable bonds is 9. The summed E-state index contributed by atoms with van der Waals surface area (Å²) in [7, 11) is -40.0. The second-order valence-electron chi connectivity index (χ2n) is 4.46. The normalized spacial score (nSPS) is 15.6. The van der Waals surface area contributed by atoms with E-state index >= 15 is 0 Å². The summed E-state index contributed by atoms with van der Waals surface area (Å²) < 4.78 is 174. The van der Waals surface area contributed by atoms with E-state index in [0.717, 1.165) is 0 Å². The van der Waals surface area contributed by atoms with Crippen molar-refractivity contribution in [2.75, 3.05) is 0 Å². The monoisotopic (exact) mass is 539 g/mol. The summed E-state index contributed by atoms with van der Waals surface area (Å²) in [6.07, 6.45) is 0. The van der Waals surface area contributed by atoms with Crippen LogP contribution in [0.5, 0.6) is 0 Å². The summed E-state index contributed by atoms with van der Waals surface area (Å²) in [5.74, 6) is 0. The van der Waals surface area contributed by atoms with Crippen molar-refractivity contribution in [1.82, 2.24) is 4.90 Å². The zero-order chi connectivity index (χ0) is 23.3. The van der Waals surface area contributed by atoms with Crippen LogP contribution in [0.25, 0.3) is 0 Å². The topological polar surface area (TPSA) is 329 Å². The van der Waals surface area contributed by atoms with Crippen LogP contribution in [0, 0.1) is 0 Å². The lowest BCUT2D eigenvalue weighted by molar-refractivity contribution is 0.261. The van der Waals surface area contributed by atoms with E-state index in [1.165, 1.54) is 0 Å². The molecule has 0 spiro atoms. The molecule has 0 amide bonds. The summed E-state index contributed by atoms with van der Waals surface area (Å²) in [4.78, 5) is -2.03. The van der Waals surface area contributed by atoms with Crippen molar-refractivity contribution in [3.05, 3.63) is 0 Å². The van der Waals surface area contributed by atoms with Gasteiger partial charge in [-0.3, -0.25) is 27.3 Å². The van der Waals surface area contributed by atoms with Gasteiger partial charge in [-0.1, -0.05) is 0 Å². The standard InChI is InChI=1S/C3H9NO18S6/c5-23(6,7)1(24(8,9)10)4(2(25(11,12)13)26(14,15)16)3(27(17,18)19)28(20,21)22/h1-3H,(H,5,6,7)(H,8,9,10)(H,11,12,13)(H,14,15,16)(H,17,18,19)(H,20,21,22). The van der Waals surface area contributed by atoms with E-state index in [1.54, 1.807) is 0 Å². The molecule has 0 aliphatic heterocycles. The highest BCUT2D eigenvalue weighted by Crippen LogP contribution is 2.29. The number of hydrogen-bond donors (Lipinski definition) is 6. The zero-order valence-electron chi connectivity index (χ0n) is 12.2. The van der Waals surface area contributed by atoms with Crippen LogP contribution in [0.4, 0.5) is 0 Å². The molecule has 0 saturated carbocycles. The van der Waals surface area contributed by atoms with Gasteiger partial charge in [0.15, 0.2) is 0 Å². The van der Waals surface area contributed by atoms with Crippen molar-refractivity contribution in [3.8, 4) is 0 Å². The Kier molecular flexibility index (Phi) is 7.43. The van der Waals surface area contributed by atoms with Crippen LogP contribution >= 0.6 is 0 Å². The lowest BCUT2D eigenvalue weighted by Gasteiger charge is -2.33. The molecule has 0 atom stereocenters. The van der Waals surface area contributed by atoms with E-state index in [9.17, 15) is 50.5 Å². The lowest BCUT2D eigenvalue weighted by Crippen LogP contribution is -2.63. The molecule has 6 N–H and O–H groups in total. The highest BCUT2D eigenvalue weighted by Gasteiger charge is 2.61. The van der Waals surface area contributed by atoms with Gasteiger partial charge in [0, 0.05) is 0 Å². The SMILES string of the molecule is O=S(=O)(O)C(N(C(S(=O)(=O)O)S(=O)(=O)O)C(S(=O)(=O)O)S(=O)(=O)O)S(=O)(=O)O. The average molecular weight is 539 g/mol. The summed E-state index contributed by atoms with van der Waals surface area (Å²) in [6, 6.07) is 0. The predicted molar refractivity (Wildman–Crippen MR) is 82.5 cm³/mol. The third-order valence-electron chi connectivity index (χ3n) is 2.26. The molecule has 0 aromatic rings. The maximum Gasteiger partial charge on any atom is 0.299 e. The van der Waals surface area contributed by atoms with Crippen LogP contribution in [0.15, 0.2) is 0 Å². The molecule has 28 heavy (non-hydrogen) atoms. The second kappa shape index (κ2) is 7.59. The van der Waals surface area contributed by atoms with Crippen molar-refractivity contribution in [1.29, 1.82) is 0 Å². The van der Waals surface area contributed by atoms with Crippen LogP contribution in [0.1, 0.15) is 0 Å². The fourth-order valence-electron chi connectivity index (χ4n) is 1.68. The molecule has 0 fully saturated rings. The van der Waals surface area contributed by atoms with Crippen LogP contribution in [-0.2, 0) is 60.7 Å². The molecule has 0 saturated heterocycles. The molecule has 0 heterocycles. The van der Waals surface area contributed by atoms with Crippen molar-refractivity contribution in [3.63, 3.8) is 0 Å². The summed E-state index contributed by atoms with van der Waals surface area (Å²) in [5.41, 5.74) is 0. The number of nitrogens with zero attached hydrogens (tertiary/aromatic N) is 1. The molecular formula is C3H9NO18S6. The van der Waals surface area contributed by atoms with E-state index in [2.05, 4.69) is 0 Å². The summed E-state index contributed by atoms with van der Waals surface area (Å²) in [5, 5.41) is 0. The fourth-order valence-corrected chi connectivity index (χ4v) is 9.60. The second-order valence-corrected chi connectivity index (χ2v) is 14.2. The van der Waals surface area contributed by atoms with Crippen molar-refractivity contribution in [2.45, 2.75) is 14.1 Å². The molecule has 25 heteroatoms. The van der Waals surface area contributed by atoms with Crippen molar-refractivity contribution < 1.29 is 77.8 Å². The summed E-state index contributed by atoms with van der Waals surface area (Å²) in [6.45, 7) is 0. The van der Waals surface area contributed by atoms with Gasteiger partial charge in [0.2, 0.25) is 0 Å². The number of hydrogen-bond acceptors (Lipinski definition) is 13. The molecule has 0 rings (SSSR count). The van der Waals surface area contributed by atoms with Gasteiger partial charge in [0.1, 0.15) is 0 Å². The molecule has 170 valence electrons. The quantitative estimate of drug-likeness (QED) is 0.150. The predicted octanol–water partition coefficient (Wildman–Crippen LogP) is -4.53. The van der Waals surface area contributed by atoms with E-state index in [0.29, 0.717) is 0 Å². The Morgan fingerprint density at radius 1 is 0.357 bits per heavy atom. The zero-order valence-corrected chi connectivity index (χ0v) is 17.1. The lowest BCUT2D eigenvalue weighted by atomic mass is 10.9. The van der Waals surface area contributed by atoms with Crippen LogP contribution in [0.3, 0.4) is 0 Å². The summed E-state index contributed by atoms with van der Waals surface area (Å²) >= 11 is 0. The van der Waals surface area contributed by atoms with E-state index in [4.69, 9.17) is 27.3 Å². The Bertz CT molecular complexity index is 987. The van der Waals surface area contributed by atoms with Gasteiger partial charge in [-0.05, 0) is 0 Å². The van der Waals surface area contributed by atoms with Crippen LogP contribution < -0.4 is 0 Å². The molecule has 0 aliphatic rings. The minimum absolute atomic E-state index is 2.03. The minimum Gasteiger partial charge on any atom is -0.283 e.